The van der Waals surface area contributed by atoms with E-state index in [0.717, 1.165) is 25.6 Å². The van der Waals surface area contributed by atoms with E-state index in [-0.39, 0.29) is 11.9 Å². The summed E-state index contributed by atoms with van der Waals surface area (Å²) in [6.45, 7) is 0. The molecule has 3 aromatic rings. The highest BCUT2D eigenvalue weighted by atomic mass is 127. The summed E-state index contributed by atoms with van der Waals surface area (Å²) in [5, 5.41) is 1.07. The molecule has 0 bridgehead atoms. The zero-order valence-corrected chi connectivity index (χ0v) is 13.2. The quantitative estimate of drug-likeness (QED) is 0.407. The lowest BCUT2D eigenvalue weighted by molar-refractivity contribution is 0.613. The molecule has 2 aromatic carbocycles. The van der Waals surface area contributed by atoms with Crippen molar-refractivity contribution in [1.82, 2.24) is 10.4 Å². The molecule has 0 radical (unpaired) electrons. The summed E-state index contributed by atoms with van der Waals surface area (Å²) < 4.78 is 14.1. The molecule has 106 valence electrons. The van der Waals surface area contributed by atoms with E-state index in [2.05, 4.69) is 33.0 Å². The maximum absolute atomic E-state index is 13.3. The summed E-state index contributed by atoms with van der Waals surface area (Å²) in [6.07, 6.45) is 1.76. The van der Waals surface area contributed by atoms with Crippen molar-refractivity contribution in [2.45, 2.75) is 6.04 Å². The molecule has 0 aliphatic heterocycles. The van der Waals surface area contributed by atoms with Gasteiger partial charge in [0.2, 0.25) is 0 Å². The summed E-state index contributed by atoms with van der Waals surface area (Å²) in [6, 6.07) is 14.4. The van der Waals surface area contributed by atoms with Gasteiger partial charge in [0.1, 0.15) is 5.82 Å². The second-order valence-electron chi connectivity index (χ2n) is 4.72. The highest BCUT2D eigenvalue weighted by Gasteiger charge is 2.16. The molecule has 21 heavy (non-hydrogen) atoms. The Morgan fingerprint density at radius 1 is 1.14 bits per heavy atom. The molecule has 0 amide bonds. The molecule has 3 rings (SSSR count). The van der Waals surface area contributed by atoms with Gasteiger partial charge in [-0.2, -0.15) is 0 Å². The Morgan fingerprint density at radius 3 is 2.76 bits per heavy atom. The topological polar surface area (TPSA) is 50.9 Å². The van der Waals surface area contributed by atoms with Crippen LogP contribution < -0.4 is 11.3 Å². The summed E-state index contributed by atoms with van der Waals surface area (Å²) >= 11 is 2.12. The van der Waals surface area contributed by atoms with Gasteiger partial charge in [0.05, 0.1) is 11.6 Å². The molecule has 3 N–H and O–H groups in total. The van der Waals surface area contributed by atoms with Crippen molar-refractivity contribution in [3.63, 3.8) is 0 Å². The Bertz CT molecular complexity index is 791. The van der Waals surface area contributed by atoms with Gasteiger partial charge >= 0.3 is 0 Å². The van der Waals surface area contributed by atoms with Crippen LogP contribution in [0.3, 0.4) is 0 Å². The number of benzene rings is 2. The van der Waals surface area contributed by atoms with Crippen molar-refractivity contribution >= 4 is 33.5 Å². The first kappa shape index (κ1) is 14.4. The average Bonchev–Trinajstić information content (AvgIpc) is 2.50. The number of nitrogens with two attached hydrogens (primary N) is 1. The second-order valence-corrected chi connectivity index (χ2v) is 5.88. The molecule has 0 aliphatic carbocycles. The number of rotatable bonds is 3. The van der Waals surface area contributed by atoms with E-state index in [0.29, 0.717) is 0 Å². The maximum Gasteiger partial charge on any atom is 0.124 e. The van der Waals surface area contributed by atoms with Crippen molar-refractivity contribution in [2.24, 2.45) is 5.84 Å². The zero-order valence-electron chi connectivity index (χ0n) is 11.1. The van der Waals surface area contributed by atoms with Gasteiger partial charge in [-0.05, 0) is 58.0 Å². The number of hydrazine groups is 1. The number of hydrogen-bond acceptors (Lipinski definition) is 3. The fraction of sp³-hybridized carbons (Fsp3) is 0.0625. The molecule has 0 saturated heterocycles. The Hall–Kier alpha value is -1.57. The van der Waals surface area contributed by atoms with Crippen molar-refractivity contribution in [3.8, 4) is 0 Å². The molecule has 1 aromatic heterocycles. The number of nitrogens with zero attached hydrogens (tertiary/aromatic N) is 1. The van der Waals surface area contributed by atoms with Gasteiger partial charge in [0, 0.05) is 15.2 Å². The van der Waals surface area contributed by atoms with E-state index in [1.54, 1.807) is 12.3 Å². The Labute approximate surface area is 135 Å². The van der Waals surface area contributed by atoms with Crippen LogP contribution in [0.25, 0.3) is 10.9 Å². The predicted molar refractivity (Wildman–Crippen MR) is 90.0 cm³/mol. The van der Waals surface area contributed by atoms with Gasteiger partial charge in [-0.3, -0.25) is 10.8 Å². The van der Waals surface area contributed by atoms with Gasteiger partial charge in [0.15, 0.2) is 0 Å². The minimum Gasteiger partial charge on any atom is -0.271 e. The third-order valence-corrected chi connectivity index (χ3v) is 4.34. The number of halogens is 2. The lowest BCUT2D eigenvalue weighted by atomic mass is 9.98. The summed E-state index contributed by atoms with van der Waals surface area (Å²) in [5.41, 5.74) is 5.65. The minimum atomic E-state index is -0.251. The number of hydrogen-bond donors (Lipinski definition) is 2. The van der Waals surface area contributed by atoms with E-state index < -0.39 is 0 Å². The standard InChI is InChI=1S/C16H13FIN3/c17-12-5-6-13(14(18)9-12)16(21-19)11-4-3-10-2-1-7-20-15(10)8-11/h1-9,16,21H,19H2. The summed E-state index contributed by atoms with van der Waals surface area (Å²) in [5.74, 6) is 5.47. The lowest BCUT2D eigenvalue weighted by Crippen LogP contribution is -2.29. The SMILES string of the molecule is NNC(c1ccc2cccnc2c1)c1ccc(F)cc1I. The Morgan fingerprint density at radius 2 is 2.00 bits per heavy atom. The third-order valence-electron chi connectivity index (χ3n) is 3.40. The normalized spacial score (nSPS) is 12.5. The van der Waals surface area contributed by atoms with Crippen molar-refractivity contribution in [1.29, 1.82) is 0 Å². The van der Waals surface area contributed by atoms with Crippen LogP contribution in [0.2, 0.25) is 0 Å². The highest BCUT2D eigenvalue weighted by molar-refractivity contribution is 14.1. The Balaban J connectivity index is 2.09. The summed E-state index contributed by atoms with van der Waals surface area (Å²) in [7, 11) is 0. The first-order valence-corrected chi connectivity index (χ1v) is 7.52. The van der Waals surface area contributed by atoms with Crippen LogP contribution >= 0.6 is 22.6 Å². The largest absolute Gasteiger partial charge is 0.271 e. The average molecular weight is 393 g/mol. The zero-order chi connectivity index (χ0) is 14.8. The number of nitrogens with one attached hydrogen (secondary N) is 1. The minimum absolute atomic E-state index is 0.205. The lowest BCUT2D eigenvalue weighted by Gasteiger charge is -2.19. The van der Waals surface area contributed by atoms with E-state index in [4.69, 9.17) is 5.84 Å². The summed E-state index contributed by atoms with van der Waals surface area (Å²) in [4.78, 5) is 4.36. The van der Waals surface area contributed by atoms with E-state index >= 15 is 0 Å². The van der Waals surface area contributed by atoms with Gasteiger partial charge in [-0.25, -0.2) is 9.82 Å². The fourth-order valence-electron chi connectivity index (χ4n) is 2.36. The smallest absolute Gasteiger partial charge is 0.124 e. The fourth-order valence-corrected chi connectivity index (χ4v) is 3.15. The molecule has 5 heteroatoms. The van der Waals surface area contributed by atoms with E-state index in [1.165, 1.54) is 12.1 Å². The van der Waals surface area contributed by atoms with Crippen LogP contribution in [0.15, 0.2) is 54.7 Å². The molecule has 1 atom stereocenters. The van der Waals surface area contributed by atoms with Crippen molar-refractivity contribution in [3.05, 3.63) is 75.2 Å². The molecule has 0 fully saturated rings. The molecule has 0 aliphatic rings. The predicted octanol–water partition coefficient (Wildman–Crippen LogP) is 3.53. The Kier molecular flexibility index (Phi) is 4.14. The first-order chi connectivity index (χ1) is 10.2. The third kappa shape index (κ3) is 2.90. The number of fused-ring (bicyclic) bond motifs is 1. The van der Waals surface area contributed by atoms with Crippen LogP contribution in [0.1, 0.15) is 17.2 Å². The molecule has 1 unspecified atom stereocenters. The number of pyridine rings is 1. The van der Waals surface area contributed by atoms with Crippen LogP contribution in [0.4, 0.5) is 4.39 Å². The molecule has 1 heterocycles. The molecular formula is C16H13FIN3. The molecule has 0 saturated carbocycles. The van der Waals surface area contributed by atoms with Crippen LogP contribution in [0.5, 0.6) is 0 Å². The van der Waals surface area contributed by atoms with Gasteiger partial charge < -0.3 is 0 Å². The van der Waals surface area contributed by atoms with Crippen LogP contribution in [0, 0.1) is 9.39 Å². The number of aromatic nitrogens is 1. The maximum atomic E-state index is 13.3. The van der Waals surface area contributed by atoms with Gasteiger partial charge in [-0.1, -0.05) is 24.3 Å². The van der Waals surface area contributed by atoms with Gasteiger partial charge in [0.25, 0.3) is 0 Å². The monoisotopic (exact) mass is 393 g/mol. The second kappa shape index (κ2) is 6.05. The van der Waals surface area contributed by atoms with Crippen molar-refractivity contribution < 1.29 is 4.39 Å². The van der Waals surface area contributed by atoms with Crippen LogP contribution in [-0.4, -0.2) is 4.98 Å². The van der Waals surface area contributed by atoms with E-state index in [9.17, 15) is 4.39 Å². The van der Waals surface area contributed by atoms with Crippen LogP contribution in [-0.2, 0) is 0 Å². The molecular weight excluding hydrogens is 380 g/mol. The molecule has 3 nitrogen and oxygen atoms in total. The first-order valence-electron chi connectivity index (χ1n) is 6.45. The van der Waals surface area contributed by atoms with E-state index in [1.807, 2.05) is 30.3 Å². The molecule has 0 spiro atoms. The highest BCUT2D eigenvalue weighted by Crippen LogP contribution is 2.28. The van der Waals surface area contributed by atoms with Crippen molar-refractivity contribution in [2.75, 3.05) is 0 Å². The van der Waals surface area contributed by atoms with Gasteiger partial charge in [-0.15, -0.1) is 0 Å².